The van der Waals surface area contributed by atoms with Crippen molar-refractivity contribution in [3.63, 3.8) is 0 Å². The van der Waals surface area contributed by atoms with Gasteiger partial charge in [-0.25, -0.2) is 4.98 Å². The monoisotopic (exact) mass is 404 g/mol. The Labute approximate surface area is 168 Å². The lowest BCUT2D eigenvalue weighted by molar-refractivity contribution is -0.122. The number of nitrogens with zero attached hydrogens (tertiary/aromatic N) is 3. The predicted octanol–water partition coefficient (Wildman–Crippen LogP) is 1.97. The van der Waals surface area contributed by atoms with Crippen molar-refractivity contribution in [1.82, 2.24) is 19.8 Å². The molecule has 28 heavy (non-hydrogen) atoms. The zero-order valence-corrected chi connectivity index (χ0v) is 17.4. The first-order chi connectivity index (χ1) is 13.5. The van der Waals surface area contributed by atoms with Gasteiger partial charge in [-0.1, -0.05) is 0 Å². The van der Waals surface area contributed by atoms with Crippen molar-refractivity contribution in [2.75, 3.05) is 26.2 Å². The van der Waals surface area contributed by atoms with Crippen LogP contribution in [-0.2, 0) is 22.6 Å². The number of amides is 1. The molecule has 0 bridgehead atoms. The maximum Gasteiger partial charge on any atom is 0.263 e. The zero-order chi connectivity index (χ0) is 19.7. The number of rotatable bonds is 6. The second-order valence-electron chi connectivity index (χ2n) is 7.81. The van der Waals surface area contributed by atoms with Crippen molar-refractivity contribution < 1.29 is 9.53 Å². The van der Waals surface area contributed by atoms with E-state index in [2.05, 4.69) is 10.2 Å². The van der Waals surface area contributed by atoms with Gasteiger partial charge >= 0.3 is 0 Å². The summed E-state index contributed by atoms with van der Waals surface area (Å²) in [4.78, 5) is 34.8. The van der Waals surface area contributed by atoms with E-state index in [1.165, 1.54) is 12.8 Å². The van der Waals surface area contributed by atoms with Gasteiger partial charge in [0.2, 0.25) is 5.91 Å². The summed E-state index contributed by atoms with van der Waals surface area (Å²) in [5.41, 5.74) is 0.868. The first-order valence-corrected chi connectivity index (χ1v) is 10.9. The number of fused-ring (bicyclic) bond motifs is 1. The zero-order valence-electron chi connectivity index (χ0n) is 16.6. The van der Waals surface area contributed by atoms with Crippen molar-refractivity contribution >= 4 is 27.5 Å². The third-order valence-corrected chi connectivity index (χ3v) is 6.89. The van der Waals surface area contributed by atoms with E-state index in [-0.39, 0.29) is 24.1 Å². The first kappa shape index (κ1) is 19.5. The largest absolute Gasteiger partial charge is 0.376 e. The maximum absolute atomic E-state index is 13.3. The minimum atomic E-state index is -0.161. The summed E-state index contributed by atoms with van der Waals surface area (Å²) in [7, 11) is 0. The highest BCUT2D eigenvalue weighted by atomic mass is 32.1. The molecule has 8 heteroatoms. The average Bonchev–Trinajstić information content (AvgIpc) is 3.40. The molecule has 2 fully saturated rings. The molecular weight excluding hydrogens is 376 g/mol. The van der Waals surface area contributed by atoms with Gasteiger partial charge in [-0.05, 0) is 58.2 Å². The second kappa shape index (κ2) is 8.31. The third kappa shape index (κ3) is 3.99. The van der Waals surface area contributed by atoms with Crippen molar-refractivity contribution in [3.8, 4) is 0 Å². The summed E-state index contributed by atoms with van der Waals surface area (Å²) in [6.45, 7) is 7.88. The summed E-state index contributed by atoms with van der Waals surface area (Å²) >= 11 is 1.56. The van der Waals surface area contributed by atoms with Crippen molar-refractivity contribution in [1.29, 1.82) is 0 Å². The Balaban J connectivity index is 1.61. The van der Waals surface area contributed by atoms with E-state index in [0.29, 0.717) is 24.3 Å². The Kier molecular flexibility index (Phi) is 5.80. The Hall–Kier alpha value is -1.77. The van der Waals surface area contributed by atoms with E-state index in [1.54, 1.807) is 15.9 Å². The number of aromatic nitrogens is 2. The summed E-state index contributed by atoms with van der Waals surface area (Å²) in [5.74, 6) is 0.527. The lowest BCUT2D eigenvalue weighted by Gasteiger charge is -2.18. The number of nitrogens with one attached hydrogen (secondary N) is 1. The van der Waals surface area contributed by atoms with Crippen molar-refractivity contribution in [2.24, 2.45) is 0 Å². The SMILES string of the molecule is Cc1sc2nc(CN3CCCC3)n(CC(=O)NCC3CCCO3)c(=O)c2c1C. The van der Waals surface area contributed by atoms with Crippen LogP contribution in [0, 0.1) is 13.8 Å². The molecular formula is C20H28N4O3S. The number of hydrogen-bond donors (Lipinski definition) is 1. The lowest BCUT2D eigenvalue weighted by Crippen LogP contribution is -2.38. The summed E-state index contributed by atoms with van der Waals surface area (Å²) in [6.07, 6.45) is 4.45. The van der Waals surface area contributed by atoms with E-state index in [0.717, 1.165) is 47.8 Å². The molecule has 4 heterocycles. The first-order valence-electron chi connectivity index (χ1n) is 10.1. The Bertz CT molecular complexity index is 924. The topological polar surface area (TPSA) is 76.5 Å². The van der Waals surface area contributed by atoms with Crippen LogP contribution in [0.3, 0.4) is 0 Å². The molecule has 2 aliphatic heterocycles. The van der Waals surface area contributed by atoms with Crippen LogP contribution in [-0.4, -0.2) is 52.7 Å². The highest BCUT2D eigenvalue weighted by molar-refractivity contribution is 7.18. The Morgan fingerprint density at radius 3 is 2.79 bits per heavy atom. The van der Waals surface area contributed by atoms with Crippen LogP contribution in [0.5, 0.6) is 0 Å². The number of hydrogen-bond acceptors (Lipinski definition) is 6. The molecule has 2 saturated heterocycles. The minimum absolute atomic E-state index is 0.00595. The molecule has 1 N–H and O–H groups in total. The molecule has 0 radical (unpaired) electrons. The molecule has 0 saturated carbocycles. The number of carbonyl (C=O) groups excluding carboxylic acids is 1. The van der Waals surface area contributed by atoms with Gasteiger partial charge in [0.25, 0.3) is 5.56 Å². The normalized spacial score (nSPS) is 20.3. The molecule has 1 amide bonds. The van der Waals surface area contributed by atoms with Crippen LogP contribution in [0.25, 0.3) is 10.2 Å². The number of likely N-dealkylation sites (tertiary alicyclic amines) is 1. The fourth-order valence-electron chi connectivity index (χ4n) is 4.03. The van der Waals surface area contributed by atoms with E-state index in [1.807, 2.05) is 13.8 Å². The number of aryl methyl sites for hydroxylation is 2. The van der Waals surface area contributed by atoms with Crippen LogP contribution in [0.2, 0.25) is 0 Å². The fraction of sp³-hybridized carbons (Fsp3) is 0.650. The molecule has 7 nitrogen and oxygen atoms in total. The van der Waals surface area contributed by atoms with E-state index in [4.69, 9.17) is 9.72 Å². The van der Waals surface area contributed by atoms with Gasteiger partial charge in [0, 0.05) is 18.0 Å². The van der Waals surface area contributed by atoms with Gasteiger partial charge in [-0.15, -0.1) is 11.3 Å². The smallest absolute Gasteiger partial charge is 0.263 e. The molecule has 1 atom stereocenters. The van der Waals surface area contributed by atoms with Gasteiger partial charge in [-0.2, -0.15) is 0 Å². The predicted molar refractivity (Wildman–Crippen MR) is 110 cm³/mol. The third-order valence-electron chi connectivity index (χ3n) is 5.78. The number of ether oxygens (including phenoxy) is 1. The Morgan fingerprint density at radius 1 is 1.29 bits per heavy atom. The van der Waals surface area contributed by atoms with Crippen LogP contribution < -0.4 is 10.9 Å². The average molecular weight is 405 g/mol. The van der Waals surface area contributed by atoms with E-state index in [9.17, 15) is 9.59 Å². The van der Waals surface area contributed by atoms with Gasteiger partial charge in [-0.3, -0.25) is 19.1 Å². The van der Waals surface area contributed by atoms with Gasteiger partial charge in [0.15, 0.2) is 0 Å². The molecule has 0 spiro atoms. The van der Waals surface area contributed by atoms with Crippen LogP contribution >= 0.6 is 11.3 Å². The molecule has 1 unspecified atom stereocenters. The van der Waals surface area contributed by atoms with Crippen LogP contribution in [0.1, 0.15) is 41.9 Å². The number of thiophene rings is 1. The highest BCUT2D eigenvalue weighted by Crippen LogP contribution is 2.26. The number of carbonyl (C=O) groups is 1. The second-order valence-corrected chi connectivity index (χ2v) is 9.01. The maximum atomic E-state index is 13.3. The van der Waals surface area contributed by atoms with Gasteiger partial charge in [0.05, 0.1) is 18.0 Å². The standard InChI is InChI=1S/C20H28N4O3S/c1-13-14(2)28-19-18(13)20(26)24(16(22-19)11-23-7-3-4-8-23)12-17(25)21-10-15-6-5-9-27-15/h15H,3-12H2,1-2H3,(H,21,25). The molecule has 152 valence electrons. The fourth-order valence-corrected chi connectivity index (χ4v) is 5.07. The van der Waals surface area contributed by atoms with E-state index < -0.39 is 0 Å². The molecule has 0 aliphatic carbocycles. The van der Waals surface area contributed by atoms with Crippen molar-refractivity contribution in [2.45, 2.75) is 58.7 Å². The van der Waals surface area contributed by atoms with Crippen LogP contribution in [0.15, 0.2) is 4.79 Å². The summed E-state index contributed by atoms with van der Waals surface area (Å²) in [5, 5.41) is 3.58. The quantitative estimate of drug-likeness (QED) is 0.797. The van der Waals surface area contributed by atoms with E-state index >= 15 is 0 Å². The molecule has 2 aromatic heterocycles. The van der Waals surface area contributed by atoms with Crippen LogP contribution in [0.4, 0.5) is 0 Å². The highest BCUT2D eigenvalue weighted by Gasteiger charge is 2.22. The van der Waals surface area contributed by atoms with Gasteiger partial charge in [0.1, 0.15) is 17.2 Å². The minimum Gasteiger partial charge on any atom is -0.376 e. The molecule has 2 aromatic rings. The lowest BCUT2D eigenvalue weighted by atomic mass is 10.2. The Morgan fingerprint density at radius 2 is 2.07 bits per heavy atom. The molecule has 4 rings (SSSR count). The summed E-state index contributed by atoms with van der Waals surface area (Å²) in [6, 6.07) is 0. The summed E-state index contributed by atoms with van der Waals surface area (Å²) < 4.78 is 7.14. The van der Waals surface area contributed by atoms with Gasteiger partial charge < -0.3 is 10.1 Å². The van der Waals surface area contributed by atoms with Crippen molar-refractivity contribution in [3.05, 3.63) is 26.6 Å². The molecule has 2 aliphatic rings. The molecule has 0 aromatic carbocycles.